The lowest BCUT2D eigenvalue weighted by Crippen LogP contribution is -2.55. The third kappa shape index (κ3) is 4.09. The first-order valence-corrected chi connectivity index (χ1v) is 8.67. The number of nitrogens with one attached hydrogen (secondary N) is 1. The summed E-state index contributed by atoms with van der Waals surface area (Å²) in [5.74, 6) is -1.35. The van der Waals surface area contributed by atoms with E-state index in [-0.39, 0.29) is 30.3 Å². The highest BCUT2D eigenvalue weighted by molar-refractivity contribution is 5.97. The SMILES string of the molecule is COc1cccc(F)c1C(=O)N1CC[C@@H](NC(=O)c2ccccc2)[C@H](O)C1. The summed E-state index contributed by atoms with van der Waals surface area (Å²) < 4.78 is 19.2. The number of ether oxygens (including phenoxy) is 1. The average Bonchev–Trinajstić information content (AvgIpc) is 2.69. The number of piperidine rings is 1. The van der Waals surface area contributed by atoms with Gasteiger partial charge in [0, 0.05) is 18.7 Å². The molecule has 27 heavy (non-hydrogen) atoms. The van der Waals surface area contributed by atoms with Gasteiger partial charge in [-0.05, 0) is 30.7 Å². The Kier molecular flexibility index (Phi) is 5.71. The lowest BCUT2D eigenvalue weighted by atomic mass is 10.00. The molecule has 0 spiro atoms. The van der Waals surface area contributed by atoms with Crippen LogP contribution in [0, 0.1) is 5.82 Å². The number of rotatable bonds is 4. The van der Waals surface area contributed by atoms with Crippen LogP contribution in [0.4, 0.5) is 4.39 Å². The van der Waals surface area contributed by atoms with Crippen molar-refractivity contribution in [3.8, 4) is 5.75 Å². The first-order valence-electron chi connectivity index (χ1n) is 8.67. The Morgan fingerprint density at radius 2 is 1.93 bits per heavy atom. The van der Waals surface area contributed by atoms with E-state index >= 15 is 0 Å². The van der Waals surface area contributed by atoms with Crippen LogP contribution in [0.1, 0.15) is 27.1 Å². The minimum atomic E-state index is -0.951. The van der Waals surface area contributed by atoms with Crippen LogP contribution in [0.25, 0.3) is 0 Å². The van der Waals surface area contributed by atoms with E-state index < -0.39 is 23.9 Å². The molecule has 2 atom stereocenters. The largest absolute Gasteiger partial charge is 0.496 e. The van der Waals surface area contributed by atoms with E-state index in [2.05, 4.69) is 5.32 Å². The highest BCUT2D eigenvalue weighted by Crippen LogP contribution is 2.24. The molecule has 2 N–H and O–H groups in total. The van der Waals surface area contributed by atoms with Crippen LogP contribution in [-0.2, 0) is 0 Å². The smallest absolute Gasteiger partial charge is 0.260 e. The Hall–Kier alpha value is -2.93. The molecular weight excluding hydrogens is 351 g/mol. The second kappa shape index (κ2) is 8.18. The standard InChI is InChI=1S/C20H21FN2O4/c1-27-17-9-5-8-14(21)18(17)20(26)23-11-10-15(16(24)12-23)22-19(25)13-6-3-2-4-7-13/h2-9,15-16,24H,10-12H2,1H3,(H,22,25)/t15-,16-/m1/s1. The maximum Gasteiger partial charge on any atom is 0.260 e. The van der Waals surface area contributed by atoms with Crippen LogP contribution in [0.5, 0.6) is 5.75 Å². The van der Waals surface area contributed by atoms with Gasteiger partial charge in [-0.1, -0.05) is 24.3 Å². The number of likely N-dealkylation sites (tertiary alicyclic amines) is 1. The second-order valence-electron chi connectivity index (χ2n) is 6.37. The van der Waals surface area contributed by atoms with E-state index in [1.807, 2.05) is 6.07 Å². The number of amides is 2. The van der Waals surface area contributed by atoms with Gasteiger partial charge in [-0.2, -0.15) is 0 Å². The molecule has 0 aliphatic carbocycles. The van der Waals surface area contributed by atoms with Gasteiger partial charge in [0.1, 0.15) is 17.1 Å². The number of benzene rings is 2. The summed E-state index contributed by atoms with van der Waals surface area (Å²) in [6.45, 7) is 0.281. The van der Waals surface area contributed by atoms with E-state index in [9.17, 15) is 19.1 Å². The number of aliphatic hydroxyl groups is 1. The molecule has 1 saturated heterocycles. The monoisotopic (exact) mass is 372 g/mol. The average molecular weight is 372 g/mol. The van der Waals surface area contributed by atoms with Crippen molar-refractivity contribution in [2.45, 2.75) is 18.6 Å². The Balaban J connectivity index is 1.67. The molecule has 0 saturated carbocycles. The first kappa shape index (κ1) is 18.8. The maximum absolute atomic E-state index is 14.1. The molecule has 1 fully saturated rings. The molecule has 1 aliphatic heterocycles. The number of halogens is 1. The van der Waals surface area contributed by atoms with E-state index in [4.69, 9.17) is 4.74 Å². The lowest BCUT2D eigenvalue weighted by Gasteiger charge is -2.36. The van der Waals surface area contributed by atoms with Crippen LogP contribution in [0.3, 0.4) is 0 Å². The van der Waals surface area contributed by atoms with Gasteiger partial charge in [-0.3, -0.25) is 9.59 Å². The summed E-state index contributed by atoms with van der Waals surface area (Å²) in [6, 6.07) is 12.4. The zero-order valence-corrected chi connectivity index (χ0v) is 14.9. The maximum atomic E-state index is 14.1. The normalized spacial score (nSPS) is 19.4. The van der Waals surface area contributed by atoms with Crippen LogP contribution in [-0.4, -0.2) is 54.2 Å². The van der Waals surface area contributed by atoms with Crippen LogP contribution in [0.15, 0.2) is 48.5 Å². The second-order valence-corrected chi connectivity index (χ2v) is 6.37. The van der Waals surface area contributed by atoms with Crippen LogP contribution in [0.2, 0.25) is 0 Å². The Morgan fingerprint density at radius 1 is 1.19 bits per heavy atom. The summed E-state index contributed by atoms with van der Waals surface area (Å²) in [5, 5.41) is 13.2. The predicted molar refractivity (Wildman–Crippen MR) is 97.2 cm³/mol. The number of aliphatic hydroxyl groups excluding tert-OH is 1. The van der Waals surface area contributed by atoms with E-state index in [0.29, 0.717) is 12.0 Å². The van der Waals surface area contributed by atoms with Gasteiger partial charge in [-0.25, -0.2) is 4.39 Å². The molecule has 0 aromatic heterocycles. The summed E-state index contributed by atoms with van der Waals surface area (Å²) in [6.07, 6.45) is -0.587. The van der Waals surface area contributed by atoms with Gasteiger partial charge < -0.3 is 20.1 Å². The molecule has 6 nitrogen and oxygen atoms in total. The van der Waals surface area contributed by atoms with Crippen molar-refractivity contribution in [1.29, 1.82) is 0 Å². The number of hydrogen-bond donors (Lipinski definition) is 2. The summed E-state index contributed by atoms with van der Waals surface area (Å²) in [4.78, 5) is 26.3. The molecule has 2 aromatic rings. The topological polar surface area (TPSA) is 78.9 Å². The van der Waals surface area contributed by atoms with Crippen molar-refractivity contribution in [3.05, 3.63) is 65.5 Å². The molecule has 142 valence electrons. The minimum Gasteiger partial charge on any atom is -0.496 e. The van der Waals surface area contributed by atoms with Gasteiger partial charge in [0.2, 0.25) is 0 Å². The minimum absolute atomic E-state index is 0.00391. The quantitative estimate of drug-likeness (QED) is 0.858. The van der Waals surface area contributed by atoms with Crippen molar-refractivity contribution >= 4 is 11.8 Å². The molecule has 2 aromatic carbocycles. The highest BCUT2D eigenvalue weighted by atomic mass is 19.1. The summed E-state index contributed by atoms with van der Waals surface area (Å²) in [5.41, 5.74) is 0.346. The highest BCUT2D eigenvalue weighted by Gasteiger charge is 2.33. The van der Waals surface area contributed by atoms with E-state index in [1.54, 1.807) is 24.3 Å². The molecule has 1 heterocycles. The van der Waals surface area contributed by atoms with Gasteiger partial charge in [0.25, 0.3) is 11.8 Å². The van der Waals surface area contributed by atoms with Crippen molar-refractivity contribution in [1.82, 2.24) is 10.2 Å². The fourth-order valence-electron chi connectivity index (χ4n) is 3.17. The van der Waals surface area contributed by atoms with Gasteiger partial charge in [0.05, 0.1) is 19.3 Å². The number of nitrogens with zero attached hydrogens (tertiary/aromatic N) is 1. The summed E-state index contributed by atoms with van der Waals surface area (Å²) in [7, 11) is 1.37. The lowest BCUT2D eigenvalue weighted by molar-refractivity contribution is 0.0310. The number of carbonyl (C=O) groups is 2. The summed E-state index contributed by atoms with van der Waals surface area (Å²) >= 11 is 0. The van der Waals surface area contributed by atoms with Crippen molar-refractivity contribution in [3.63, 3.8) is 0 Å². The molecular formula is C20H21FN2O4. The van der Waals surface area contributed by atoms with Crippen LogP contribution >= 0.6 is 0 Å². The number of β-amino-alcohol motifs (C(OH)–C–C–N with tert-alkyl or cyclic N) is 1. The molecule has 1 aliphatic rings. The molecule has 3 rings (SSSR count). The predicted octanol–water partition coefficient (Wildman–Crippen LogP) is 1.84. The van der Waals surface area contributed by atoms with Gasteiger partial charge in [0.15, 0.2) is 0 Å². The van der Waals surface area contributed by atoms with E-state index in [1.165, 1.54) is 30.2 Å². The fraction of sp³-hybridized carbons (Fsp3) is 0.300. The Labute approximate surface area is 156 Å². The molecule has 0 bridgehead atoms. The number of hydrogen-bond acceptors (Lipinski definition) is 4. The Bertz CT molecular complexity index is 828. The number of carbonyl (C=O) groups excluding carboxylic acids is 2. The molecule has 0 radical (unpaired) electrons. The zero-order chi connectivity index (χ0) is 19.4. The first-order chi connectivity index (χ1) is 13.0. The molecule has 7 heteroatoms. The van der Waals surface area contributed by atoms with E-state index in [0.717, 1.165) is 0 Å². The van der Waals surface area contributed by atoms with Crippen molar-refractivity contribution < 1.29 is 23.8 Å². The van der Waals surface area contributed by atoms with Crippen molar-refractivity contribution in [2.75, 3.05) is 20.2 Å². The third-order valence-corrected chi connectivity index (χ3v) is 4.63. The number of methoxy groups -OCH3 is 1. The van der Waals surface area contributed by atoms with Gasteiger partial charge in [-0.15, -0.1) is 0 Å². The zero-order valence-electron chi connectivity index (χ0n) is 14.9. The third-order valence-electron chi connectivity index (χ3n) is 4.63. The van der Waals surface area contributed by atoms with Crippen molar-refractivity contribution in [2.24, 2.45) is 0 Å². The Morgan fingerprint density at radius 3 is 2.59 bits per heavy atom. The molecule has 2 amide bonds. The molecule has 0 unspecified atom stereocenters. The van der Waals surface area contributed by atoms with Gasteiger partial charge >= 0.3 is 0 Å². The van der Waals surface area contributed by atoms with Crippen LogP contribution < -0.4 is 10.1 Å². The fourth-order valence-corrected chi connectivity index (χ4v) is 3.17.